The van der Waals surface area contributed by atoms with Gasteiger partial charge in [0.25, 0.3) is 0 Å². The third-order valence-corrected chi connectivity index (χ3v) is 8.44. The van der Waals surface area contributed by atoms with Crippen LogP contribution in [0.2, 0.25) is 0 Å². The van der Waals surface area contributed by atoms with Gasteiger partial charge in [-0.05, 0) is 19.3 Å². The summed E-state index contributed by atoms with van der Waals surface area (Å²) in [5, 5.41) is 0. The number of hydrogen-bond donors (Lipinski definition) is 0. The SMILES string of the molecule is CCCCCCCCCCCCCCn1cc[n+](C)c1.CCCCCCCCCCCCN1C=CN(C)C1.COS(=O)(=O)[O-]. The number of imidazole rings is 1. The second-order valence-corrected chi connectivity index (χ2v) is 13.6. The molecule has 0 fully saturated rings. The molecule has 0 saturated carbocycles. The topological polar surface area (TPSA) is 81.7 Å². The van der Waals surface area contributed by atoms with Crippen LogP contribution in [0, 0.1) is 0 Å². The molecule has 9 heteroatoms. The number of unbranched alkanes of at least 4 members (excludes halogenated alkanes) is 20. The van der Waals surface area contributed by atoms with Gasteiger partial charge in [-0.15, -0.1) is 0 Å². The van der Waals surface area contributed by atoms with Crippen LogP contribution in [-0.4, -0.2) is 54.7 Å². The van der Waals surface area contributed by atoms with E-state index < -0.39 is 10.4 Å². The van der Waals surface area contributed by atoms with Gasteiger partial charge in [0.15, 0.2) is 0 Å². The lowest BCUT2D eigenvalue weighted by Gasteiger charge is -2.17. The smallest absolute Gasteiger partial charge is 0.243 e. The maximum absolute atomic E-state index is 9.22. The van der Waals surface area contributed by atoms with Crippen LogP contribution in [0.1, 0.15) is 155 Å². The highest BCUT2D eigenvalue weighted by atomic mass is 32.3. The van der Waals surface area contributed by atoms with Gasteiger partial charge in [-0.2, -0.15) is 0 Å². The summed E-state index contributed by atoms with van der Waals surface area (Å²) in [6.45, 7) is 8.07. The molecule has 0 amide bonds. The van der Waals surface area contributed by atoms with Gasteiger partial charge in [0, 0.05) is 26.0 Å². The zero-order valence-corrected chi connectivity index (χ0v) is 30.2. The fourth-order valence-corrected chi connectivity index (χ4v) is 5.31. The standard InChI is InChI=1S/C18H35N2.C16H32N2.CH4O4S/c1-3-4-5-6-7-8-9-10-11-12-13-14-15-20-17-16-19(2)18-20;1-3-4-5-6-7-8-9-10-11-12-13-18-15-14-17(2)16-18;1-5-6(2,3)4/h16-18H,3-15H2,1-2H3;14-15H,3-13,16H2,1-2H3;1H3,(H,2,3,4)/q+1;;/p-1. The number of nitrogens with zero attached hydrogens (tertiary/aromatic N) is 4. The molecule has 0 unspecified atom stereocenters. The van der Waals surface area contributed by atoms with Gasteiger partial charge in [-0.1, -0.05) is 136 Å². The summed E-state index contributed by atoms with van der Waals surface area (Å²) < 4.78 is 35.4. The van der Waals surface area contributed by atoms with E-state index in [1.165, 1.54) is 154 Å². The van der Waals surface area contributed by atoms with E-state index in [-0.39, 0.29) is 0 Å². The van der Waals surface area contributed by atoms with Crippen molar-refractivity contribution in [3.05, 3.63) is 31.1 Å². The Hall–Kier alpha value is -1.58. The zero-order chi connectivity index (χ0) is 32.7. The predicted molar refractivity (Wildman–Crippen MR) is 184 cm³/mol. The molecule has 8 nitrogen and oxygen atoms in total. The molecule has 1 aromatic heterocycles. The van der Waals surface area contributed by atoms with Crippen molar-refractivity contribution in [1.29, 1.82) is 0 Å². The van der Waals surface area contributed by atoms with E-state index >= 15 is 0 Å². The van der Waals surface area contributed by atoms with Crippen LogP contribution in [0.25, 0.3) is 0 Å². The summed E-state index contributed by atoms with van der Waals surface area (Å²) in [5.74, 6) is 0. The molecular formula is C35H70N4O4S. The highest BCUT2D eigenvalue weighted by molar-refractivity contribution is 7.80. The van der Waals surface area contributed by atoms with Gasteiger partial charge in [-0.3, -0.25) is 4.18 Å². The Morgan fingerprint density at radius 2 is 1.07 bits per heavy atom. The summed E-state index contributed by atoms with van der Waals surface area (Å²) in [4.78, 5) is 4.64. The molecule has 260 valence electrons. The van der Waals surface area contributed by atoms with E-state index in [4.69, 9.17) is 0 Å². The van der Waals surface area contributed by atoms with Crippen LogP contribution in [-0.2, 0) is 28.2 Å². The molecule has 0 aliphatic carbocycles. The van der Waals surface area contributed by atoms with E-state index in [2.05, 4.69) is 82.2 Å². The van der Waals surface area contributed by atoms with E-state index in [0.29, 0.717) is 0 Å². The first-order valence-electron chi connectivity index (χ1n) is 17.9. The highest BCUT2D eigenvalue weighted by Crippen LogP contribution is 2.13. The van der Waals surface area contributed by atoms with Crippen LogP contribution in [0.3, 0.4) is 0 Å². The fourth-order valence-electron chi connectivity index (χ4n) is 5.31. The van der Waals surface area contributed by atoms with Crippen molar-refractivity contribution in [1.82, 2.24) is 14.4 Å². The second-order valence-electron chi connectivity index (χ2n) is 12.5. The van der Waals surface area contributed by atoms with Crippen LogP contribution in [0.4, 0.5) is 0 Å². The largest absolute Gasteiger partial charge is 0.726 e. The van der Waals surface area contributed by atoms with Crippen molar-refractivity contribution in [3.63, 3.8) is 0 Å². The first-order chi connectivity index (χ1) is 21.2. The third-order valence-electron chi connectivity index (χ3n) is 8.03. The Morgan fingerprint density at radius 3 is 1.39 bits per heavy atom. The molecule has 0 radical (unpaired) electrons. The third kappa shape index (κ3) is 30.4. The first kappa shape index (κ1) is 42.4. The van der Waals surface area contributed by atoms with E-state index in [1.54, 1.807) is 0 Å². The van der Waals surface area contributed by atoms with Crippen LogP contribution in [0.15, 0.2) is 31.1 Å². The molecular weight excluding hydrogens is 572 g/mol. The minimum Gasteiger partial charge on any atom is -0.726 e. The minimum atomic E-state index is -4.41. The molecule has 2 rings (SSSR count). The molecule has 0 saturated heterocycles. The van der Waals surface area contributed by atoms with E-state index in [1.807, 2.05) is 0 Å². The fraction of sp³-hybridized carbons (Fsp3) is 0.857. The molecule has 0 atom stereocenters. The molecule has 0 aromatic carbocycles. The van der Waals surface area contributed by atoms with Crippen molar-refractivity contribution in [2.75, 3.05) is 27.4 Å². The van der Waals surface area contributed by atoms with Gasteiger partial charge in [-0.25, -0.2) is 17.6 Å². The summed E-state index contributed by atoms with van der Waals surface area (Å²) in [5.41, 5.74) is 0. The van der Waals surface area contributed by atoms with Crippen molar-refractivity contribution in [3.8, 4) is 0 Å². The normalized spacial score (nSPS) is 12.7. The quantitative estimate of drug-likeness (QED) is 0.0459. The predicted octanol–water partition coefficient (Wildman–Crippen LogP) is 8.69. The van der Waals surface area contributed by atoms with Gasteiger partial charge < -0.3 is 14.4 Å². The average molecular weight is 643 g/mol. The Labute approximate surface area is 273 Å². The van der Waals surface area contributed by atoms with Crippen LogP contribution < -0.4 is 4.57 Å². The second kappa shape index (κ2) is 30.1. The molecule has 1 aliphatic heterocycles. The van der Waals surface area contributed by atoms with Gasteiger partial charge >= 0.3 is 0 Å². The summed E-state index contributed by atoms with van der Waals surface area (Å²) >= 11 is 0. The molecule has 0 spiro atoms. The molecule has 0 N–H and O–H groups in total. The molecule has 0 bridgehead atoms. The average Bonchev–Trinajstić information content (AvgIpc) is 3.62. The Morgan fingerprint density at radius 1 is 0.682 bits per heavy atom. The summed E-state index contributed by atoms with van der Waals surface area (Å²) in [6.07, 6.45) is 42.2. The van der Waals surface area contributed by atoms with Crippen molar-refractivity contribution in [2.24, 2.45) is 7.05 Å². The van der Waals surface area contributed by atoms with Crippen molar-refractivity contribution >= 4 is 10.4 Å². The lowest BCUT2D eigenvalue weighted by atomic mass is 10.1. The molecule has 1 aliphatic rings. The Balaban J connectivity index is 0.000000713. The maximum atomic E-state index is 9.22. The summed E-state index contributed by atoms with van der Waals surface area (Å²) in [7, 11) is 0.612. The van der Waals surface area contributed by atoms with Gasteiger partial charge in [0.05, 0.1) is 27.4 Å². The zero-order valence-electron chi connectivity index (χ0n) is 29.4. The summed E-state index contributed by atoms with van der Waals surface area (Å²) in [6, 6.07) is 0. The van der Waals surface area contributed by atoms with Crippen LogP contribution in [0.5, 0.6) is 0 Å². The molecule has 1 aromatic rings. The number of aromatic nitrogens is 2. The highest BCUT2D eigenvalue weighted by Gasteiger charge is 2.06. The minimum absolute atomic E-state index is 0.808. The van der Waals surface area contributed by atoms with E-state index in [0.717, 1.165) is 13.8 Å². The lowest BCUT2D eigenvalue weighted by molar-refractivity contribution is -0.671. The maximum Gasteiger partial charge on any atom is 0.243 e. The first-order valence-corrected chi connectivity index (χ1v) is 19.2. The number of aryl methyl sites for hydroxylation is 2. The Kier molecular flexibility index (Phi) is 29.0. The molecule has 44 heavy (non-hydrogen) atoms. The Bertz CT molecular complexity index is 876. The van der Waals surface area contributed by atoms with Gasteiger partial charge in [0.1, 0.15) is 12.4 Å². The van der Waals surface area contributed by atoms with Crippen molar-refractivity contribution < 1.29 is 21.7 Å². The monoisotopic (exact) mass is 643 g/mol. The lowest BCUT2D eigenvalue weighted by Crippen LogP contribution is -2.23. The van der Waals surface area contributed by atoms with Gasteiger partial charge in [0.2, 0.25) is 16.7 Å². The van der Waals surface area contributed by atoms with Crippen LogP contribution >= 0.6 is 0 Å². The molecule has 2 heterocycles. The number of rotatable bonds is 25. The van der Waals surface area contributed by atoms with E-state index in [9.17, 15) is 13.0 Å². The van der Waals surface area contributed by atoms with Crippen molar-refractivity contribution in [2.45, 2.75) is 162 Å². The number of hydrogen-bond acceptors (Lipinski definition) is 6.